The van der Waals surface area contributed by atoms with Crippen LogP contribution in [0.3, 0.4) is 0 Å². The monoisotopic (exact) mass is 331 g/mol. The molecule has 9 heteroatoms. The van der Waals surface area contributed by atoms with Crippen LogP contribution in [-0.2, 0) is 14.4 Å². The maximum atomic E-state index is 12.6. The lowest BCUT2D eigenvalue weighted by atomic mass is 10.0. The minimum absolute atomic E-state index is 0.0200. The van der Waals surface area contributed by atoms with Gasteiger partial charge in [-0.25, -0.2) is 0 Å². The molecule has 1 atom stereocenters. The highest BCUT2D eigenvalue weighted by Gasteiger charge is 2.45. The van der Waals surface area contributed by atoms with Crippen LogP contribution in [0, 0.1) is 0 Å². The summed E-state index contributed by atoms with van der Waals surface area (Å²) in [5.41, 5.74) is 5.07. The van der Waals surface area contributed by atoms with E-state index in [-0.39, 0.29) is 29.7 Å². The van der Waals surface area contributed by atoms with E-state index in [4.69, 9.17) is 10.5 Å². The second-order valence-electron chi connectivity index (χ2n) is 5.38. The zero-order valence-electron chi connectivity index (χ0n) is 12.4. The smallest absolute Gasteiger partial charge is 0.266 e. The number of rotatable bonds is 4. The van der Waals surface area contributed by atoms with Gasteiger partial charge in [-0.05, 0) is 18.6 Å². The highest BCUT2D eigenvalue weighted by atomic mass is 16.5. The third kappa shape index (κ3) is 2.49. The molecule has 5 amide bonds. The van der Waals surface area contributed by atoms with Crippen LogP contribution in [0.25, 0.3) is 0 Å². The van der Waals surface area contributed by atoms with Crippen molar-refractivity contribution in [3.8, 4) is 5.75 Å². The Hall–Kier alpha value is -3.23. The van der Waals surface area contributed by atoms with Crippen LogP contribution in [0.2, 0.25) is 0 Å². The molecule has 1 fully saturated rings. The molecule has 0 saturated carbocycles. The summed E-state index contributed by atoms with van der Waals surface area (Å²) in [5, 5.41) is 2.11. The molecule has 1 unspecified atom stereocenters. The molecule has 2 aliphatic heterocycles. The van der Waals surface area contributed by atoms with Crippen molar-refractivity contribution in [2.24, 2.45) is 5.73 Å². The van der Waals surface area contributed by atoms with E-state index < -0.39 is 42.2 Å². The first-order valence-electron chi connectivity index (χ1n) is 7.16. The molecule has 1 aromatic rings. The van der Waals surface area contributed by atoms with Gasteiger partial charge in [-0.3, -0.25) is 34.2 Å². The van der Waals surface area contributed by atoms with Crippen LogP contribution in [0.5, 0.6) is 5.75 Å². The first kappa shape index (κ1) is 15.7. The minimum Gasteiger partial charge on any atom is -0.483 e. The van der Waals surface area contributed by atoms with Gasteiger partial charge >= 0.3 is 0 Å². The molecule has 9 nitrogen and oxygen atoms in total. The van der Waals surface area contributed by atoms with Gasteiger partial charge in [0.25, 0.3) is 17.7 Å². The first-order chi connectivity index (χ1) is 11.4. The van der Waals surface area contributed by atoms with Crippen molar-refractivity contribution in [1.29, 1.82) is 0 Å². The Kier molecular flexibility index (Phi) is 3.76. The Morgan fingerprint density at radius 3 is 2.67 bits per heavy atom. The van der Waals surface area contributed by atoms with Gasteiger partial charge in [-0.2, -0.15) is 0 Å². The van der Waals surface area contributed by atoms with Crippen molar-refractivity contribution >= 4 is 29.5 Å². The summed E-state index contributed by atoms with van der Waals surface area (Å²) in [6.07, 6.45) is 0.0997. The van der Waals surface area contributed by atoms with Crippen molar-refractivity contribution in [2.75, 3.05) is 6.61 Å². The fraction of sp³-hybridized carbons (Fsp3) is 0.267. The summed E-state index contributed by atoms with van der Waals surface area (Å²) < 4.78 is 5.18. The molecule has 0 aliphatic carbocycles. The van der Waals surface area contributed by atoms with Gasteiger partial charge in [-0.15, -0.1) is 0 Å². The molecular formula is C15H13N3O6. The Balaban J connectivity index is 1.94. The number of primary amides is 1. The first-order valence-corrected chi connectivity index (χ1v) is 7.16. The van der Waals surface area contributed by atoms with Gasteiger partial charge in [0, 0.05) is 6.42 Å². The van der Waals surface area contributed by atoms with Crippen molar-refractivity contribution in [2.45, 2.75) is 18.9 Å². The molecule has 0 bridgehead atoms. The molecule has 3 rings (SSSR count). The van der Waals surface area contributed by atoms with E-state index in [1.807, 2.05) is 0 Å². The third-order valence-electron chi connectivity index (χ3n) is 3.80. The summed E-state index contributed by atoms with van der Waals surface area (Å²) >= 11 is 0. The standard InChI is InChI=1S/C15H13N3O6/c16-10(19)6-24-9-3-1-2-7-12(9)15(23)18(14(7)22)8-4-5-11(20)17-13(8)21/h1-3,8H,4-6H2,(H2,16,19)(H,17,20,21). The van der Waals surface area contributed by atoms with Crippen molar-refractivity contribution in [3.63, 3.8) is 0 Å². The predicted octanol–water partition coefficient (Wildman–Crippen LogP) is -1.05. The normalized spacial score (nSPS) is 20.0. The summed E-state index contributed by atoms with van der Waals surface area (Å²) in [7, 11) is 0. The number of nitrogens with zero attached hydrogens (tertiary/aromatic N) is 1. The Bertz CT molecular complexity index is 787. The van der Waals surface area contributed by atoms with E-state index in [0.29, 0.717) is 0 Å². The lowest BCUT2D eigenvalue weighted by molar-refractivity contribution is -0.136. The van der Waals surface area contributed by atoms with Crippen LogP contribution in [-0.4, -0.2) is 47.1 Å². The Morgan fingerprint density at radius 2 is 2.00 bits per heavy atom. The van der Waals surface area contributed by atoms with E-state index >= 15 is 0 Å². The van der Waals surface area contributed by atoms with Crippen LogP contribution < -0.4 is 15.8 Å². The zero-order valence-corrected chi connectivity index (χ0v) is 12.4. The summed E-state index contributed by atoms with van der Waals surface area (Å²) in [6, 6.07) is 3.30. The Labute approximate surface area is 135 Å². The molecule has 2 heterocycles. The number of nitrogens with two attached hydrogens (primary N) is 1. The highest BCUT2D eigenvalue weighted by molar-refractivity contribution is 6.24. The fourth-order valence-electron chi connectivity index (χ4n) is 2.75. The number of hydrogen-bond donors (Lipinski definition) is 2. The number of benzene rings is 1. The molecular weight excluding hydrogens is 318 g/mol. The number of ether oxygens (including phenoxy) is 1. The van der Waals surface area contributed by atoms with E-state index in [2.05, 4.69) is 5.32 Å². The summed E-state index contributed by atoms with van der Waals surface area (Å²) in [6.45, 7) is -0.448. The summed E-state index contributed by atoms with van der Waals surface area (Å²) in [4.78, 5) is 60.0. The van der Waals surface area contributed by atoms with Gasteiger partial charge in [0.1, 0.15) is 11.8 Å². The topological polar surface area (TPSA) is 136 Å². The number of amides is 5. The van der Waals surface area contributed by atoms with Crippen LogP contribution in [0.4, 0.5) is 0 Å². The lowest BCUT2D eigenvalue weighted by Gasteiger charge is -2.27. The third-order valence-corrected chi connectivity index (χ3v) is 3.80. The average molecular weight is 331 g/mol. The number of hydrogen-bond acceptors (Lipinski definition) is 6. The zero-order chi connectivity index (χ0) is 17.4. The quantitative estimate of drug-likeness (QED) is 0.676. The summed E-state index contributed by atoms with van der Waals surface area (Å²) in [5.74, 6) is -3.18. The predicted molar refractivity (Wildman–Crippen MR) is 77.8 cm³/mol. The van der Waals surface area contributed by atoms with Crippen molar-refractivity contribution in [1.82, 2.24) is 10.2 Å². The van der Waals surface area contributed by atoms with Gasteiger partial charge < -0.3 is 10.5 Å². The SMILES string of the molecule is NC(=O)COc1cccc2c1C(=O)N(C1CCC(=O)NC1=O)C2=O. The van der Waals surface area contributed by atoms with Gasteiger partial charge in [0.15, 0.2) is 6.61 Å². The lowest BCUT2D eigenvalue weighted by Crippen LogP contribution is -2.54. The van der Waals surface area contributed by atoms with E-state index in [0.717, 1.165) is 4.90 Å². The molecule has 24 heavy (non-hydrogen) atoms. The van der Waals surface area contributed by atoms with Crippen LogP contribution in [0.1, 0.15) is 33.6 Å². The van der Waals surface area contributed by atoms with Crippen LogP contribution >= 0.6 is 0 Å². The number of fused-ring (bicyclic) bond motifs is 1. The molecule has 2 aliphatic rings. The fourth-order valence-corrected chi connectivity index (χ4v) is 2.75. The second kappa shape index (κ2) is 5.76. The molecule has 0 spiro atoms. The number of carbonyl (C=O) groups is 5. The average Bonchev–Trinajstić information content (AvgIpc) is 2.78. The maximum absolute atomic E-state index is 12.6. The van der Waals surface area contributed by atoms with Crippen molar-refractivity contribution < 1.29 is 28.7 Å². The minimum atomic E-state index is -1.06. The number of piperidine rings is 1. The van der Waals surface area contributed by atoms with Gasteiger partial charge in [0.2, 0.25) is 11.8 Å². The largest absolute Gasteiger partial charge is 0.483 e. The molecule has 0 radical (unpaired) electrons. The highest BCUT2D eigenvalue weighted by Crippen LogP contribution is 2.33. The van der Waals surface area contributed by atoms with E-state index in [1.54, 1.807) is 0 Å². The number of nitrogens with one attached hydrogen (secondary N) is 1. The molecule has 0 aromatic heterocycles. The van der Waals surface area contributed by atoms with Crippen LogP contribution in [0.15, 0.2) is 18.2 Å². The van der Waals surface area contributed by atoms with E-state index in [1.165, 1.54) is 18.2 Å². The Morgan fingerprint density at radius 1 is 1.25 bits per heavy atom. The van der Waals surface area contributed by atoms with Crippen molar-refractivity contribution in [3.05, 3.63) is 29.3 Å². The van der Waals surface area contributed by atoms with Gasteiger partial charge in [0.05, 0.1) is 11.1 Å². The second-order valence-corrected chi connectivity index (χ2v) is 5.38. The molecule has 1 aromatic carbocycles. The van der Waals surface area contributed by atoms with Gasteiger partial charge in [-0.1, -0.05) is 6.07 Å². The molecule has 1 saturated heterocycles. The van der Waals surface area contributed by atoms with E-state index in [9.17, 15) is 24.0 Å². The maximum Gasteiger partial charge on any atom is 0.266 e. The molecule has 3 N–H and O–H groups in total. The number of carbonyl (C=O) groups excluding carboxylic acids is 5. The molecule has 124 valence electrons. The number of imide groups is 2.